The van der Waals surface area contributed by atoms with E-state index >= 15 is 0 Å². The molecule has 0 saturated carbocycles. The Morgan fingerprint density at radius 3 is 2.32 bits per heavy atom. The smallest absolute Gasteiger partial charge is 0.341 e. The second-order valence-corrected chi connectivity index (χ2v) is 3.92. The molecule has 2 rings (SSSR count). The van der Waals surface area contributed by atoms with E-state index in [1.165, 1.54) is 13.2 Å². The van der Waals surface area contributed by atoms with Crippen molar-refractivity contribution in [1.29, 1.82) is 0 Å². The van der Waals surface area contributed by atoms with Crippen LogP contribution in [0.4, 0.5) is 0 Å². The average Bonchev–Trinajstić information content (AvgIpc) is 2.47. The predicted molar refractivity (Wildman–Crippen MR) is 71.4 cm³/mol. The monoisotopic (exact) mass is 258 g/mol. The lowest BCUT2D eigenvalue weighted by atomic mass is 10.0. The molecule has 4 nitrogen and oxygen atoms in total. The number of ether oxygens (including phenoxy) is 2. The zero-order valence-corrected chi connectivity index (χ0v) is 10.7. The molecule has 2 aromatic rings. The summed E-state index contributed by atoms with van der Waals surface area (Å²) in [6, 6.07) is 12.2. The van der Waals surface area contributed by atoms with E-state index in [0.29, 0.717) is 5.56 Å². The van der Waals surface area contributed by atoms with Gasteiger partial charge in [0.1, 0.15) is 17.1 Å². The van der Waals surface area contributed by atoms with Crippen LogP contribution in [0.25, 0.3) is 11.1 Å². The van der Waals surface area contributed by atoms with Gasteiger partial charge in [-0.25, -0.2) is 4.79 Å². The Morgan fingerprint density at radius 2 is 1.74 bits per heavy atom. The van der Waals surface area contributed by atoms with Gasteiger partial charge in [0.25, 0.3) is 0 Å². The molecule has 98 valence electrons. The van der Waals surface area contributed by atoms with Crippen LogP contribution in [0.5, 0.6) is 11.5 Å². The summed E-state index contributed by atoms with van der Waals surface area (Å²) in [6.07, 6.45) is 0. The van der Waals surface area contributed by atoms with Crippen molar-refractivity contribution in [2.24, 2.45) is 0 Å². The van der Waals surface area contributed by atoms with Gasteiger partial charge in [0.05, 0.1) is 14.2 Å². The molecule has 2 aromatic carbocycles. The molecule has 0 spiro atoms. The summed E-state index contributed by atoms with van der Waals surface area (Å²) in [5, 5.41) is 10.1. The van der Waals surface area contributed by atoms with Gasteiger partial charge < -0.3 is 14.6 Å². The predicted octanol–water partition coefficient (Wildman–Crippen LogP) is 2.85. The Hall–Kier alpha value is -2.49. The molecule has 0 atom stereocenters. The van der Waals surface area contributed by atoms with Crippen molar-refractivity contribution in [1.82, 2.24) is 0 Å². The lowest BCUT2D eigenvalue weighted by Gasteiger charge is -2.09. The summed E-state index contributed by atoms with van der Waals surface area (Å²) in [5.41, 5.74) is 1.52. The fourth-order valence-corrected chi connectivity index (χ4v) is 1.82. The molecule has 0 bridgehead atoms. The molecule has 0 fully saturated rings. The fraction of sp³-hybridized carbons (Fsp3) is 0.133. The zero-order chi connectivity index (χ0) is 13.8. The van der Waals surface area contributed by atoms with Gasteiger partial charge in [0, 0.05) is 5.56 Å². The summed E-state index contributed by atoms with van der Waals surface area (Å²) in [4.78, 5) is 11.5. The average molecular weight is 258 g/mol. The molecule has 0 aliphatic carbocycles. The molecule has 0 saturated heterocycles. The molecular formula is C15H14O4. The van der Waals surface area contributed by atoms with Crippen molar-refractivity contribution in [3.63, 3.8) is 0 Å². The summed E-state index contributed by atoms with van der Waals surface area (Å²) in [5.74, 6) is 0.0831. The molecule has 0 aromatic heterocycles. The van der Waals surface area contributed by atoms with E-state index in [0.717, 1.165) is 11.3 Å². The van der Waals surface area contributed by atoms with Gasteiger partial charge in [-0.05, 0) is 23.8 Å². The Balaban J connectivity index is 2.47. The minimum absolute atomic E-state index is 0.0838. The first-order valence-electron chi connectivity index (χ1n) is 5.72. The molecule has 0 aliphatic heterocycles. The first kappa shape index (κ1) is 13.0. The van der Waals surface area contributed by atoms with Crippen LogP contribution in [0, 0.1) is 0 Å². The third kappa shape index (κ3) is 2.52. The zero-order valence-electron chi connectivity index (χ0n) is 10.7. The molecule has 0 amide bonds. The number of carbonyl (C=O) groups is 1. The van der Waals surface area contributed by atoms with E-state index in [4.69, 9.17) is 4.74 Å². The van der Waals surface area contributed by atoms with Crippen LogP contribution in [-0.4, -0.2) is 25.3 Å². The Kier molecular flexibility index (Phi) is 3.71. The number of phenols is 1. The normalized spacial score (nSPS) is 10.0. The number of phenolic OH excluding ortho intramolecular Hbond substituents is 1. The maximum Gasteiger partial charge on any atom is 0.341 e. The Bertz CT molecular complexity index is 588. The number of benzene rings is 2. The van der Waals surface area contributed by atoms with Gasteiger partial charge in [0.2, 0.25) is 0 Å². The van der Waals surface area contributed by atoms with Crippen LogP contribution < -0.4 is 4.74 Å². The first-order chi connectivity index (χ1) is 9.17. The standard InChI is InChI=1S/C15H14O4/c1-18-11-8-6-10(7-9-11)12-4-3-5-13(14(12)16)15(17)19-2/h3-9,16H,1-2H3. The maximum atomic E-state index is 11.5. The van der Waals surface area contributed by atoms with E-state index in [1.54, 1.807) is 31.4 Å². The highest BCUT2D eigenvalue weighted by Gasteiger charge is 2.15. The third-order valence-electron chi connectivity index (χ3n) is 2.84. The Morgan fingerprint density at radius 1 is 1.05 bits per heavy atom. The molecule has 0 unspecified atom stereocenters. The van der Waals surface area contributed by atoms with Crippen LogP contribution >= 0.6 is 0 Å². The van der Waals surface area contributed by atoms with Crippen molar-refractivity contribution in [3.05, 3.63) is 48.0 Å². The topological polar surface area (TPSA) is 55.8 Å². The molecular weight excluding hydrogens is 244 g/mol. The van der Waals surface area contributed by atoms with Crippen LogP contribution in [0.15, 0.2) is 42.5 Å². The van der Waals surface area contributed by atoms with Gasteiger partial charge in [-0.15, -0.1) is 0 Å². The summed E-state index contributed by atoms with van der Waals surface area (Å²) < 4.78 is 9.70. The summed E-state index contributed by atoms with van der Waals surface area (Å²) in [6.45, 7) is 0. The van der Waals surface area contributed by atoms with Crippen molar-refractivity contribution < 1.29 is 19.4 Å². The van der Waals surface area contributed by atoms with Crippen molar-refractivity contribution in [2.75, 3.05) is 14.2 Å². The summed E-state index contributed by atoms with van der Waals surface area (Å²) >= 11 is 0. The molecule has 1 N–H and O–H groups in total. The highest BCUT2D eigenvalue weighted by Crippen LogP contribution is 2.33. The van der Waals surface area contributed by atoms with E-state index in [9.17, 15) is 9.90 Å². The molecule has 4 heteroatoms. The van der Waals surface area contributed by atoms with Gasteiger partial charge >= 0.3 is 5.97 Å². The summed E-state index contributed by atoms with van der Waals surface area (Å²) in [7, 11) is 2.87. The van der Waals surface area contributed by atoms with Crippen molar-refractivity contribution in [2.45, 2.75) is 0 Å². The van der Waals surface area contributed by atoms with Gasteiger partial charge in [0.15, 0.2) is 0 Å². The van der Waals surface area contributed by atoms with E-state index in [-0.39, 0.29) is 11.3 Å². The van der Waals surface area contributed by atoms with E-state index < -0.39 is 5.97 Å². The SMILES string of the molecule is COC(=O)c1cccc(-c2ccc(OC)cc2)c1O. The number of hydrogen-bond donors (Lipinski definition) is 1. The lowest BCUT2D eigenvalue weighted by molar-refractivity contribution is 0.0597. The minimum Gasteiger partial charge on any atom is -0.506 e. The highest BCUT2D eigenvalue weighted by atomic mass is 16.5. The number of para-hydroxylation sites is 1. The first-order valence-corrected chi connectivity index (χ1v) is 5.72. The fourth-order valence-electron chi connectivity index (χ4n) is 1.82. The van der Waals surface area contributed by atoms with Gasteiger partial charge in [-0.1, -0.05) is 24.3 Å². The van der Waals surface area contributed by atoms with E-state index in [2.05, 4.69) is 4.74 Å². The maximum absolute atomic E-state index is 11.5. The lowest BCUT2D eigenvalue weighted by Crippen LogP contribution is -2.01. The van der Waals surface area contributed by atoms with Crippen LogP contribution in [0.3, 0.4) is 0 Å². The van der Waals surface area contributed by atoms with Crippen molar-refractivity contribution >= 4 is 5.97 Å². The number of esters is 1. The number of hydrogen-bond acceptors (Lipinski definition) is 4. The minimum atomic E-state index is -0.562. The number of methoxy groups -OCH3 is 2. The van der Waals surface area contributed by atoms with Crippen LogP contribution in [-0.2, 0) is 4.74 Å². The van der Waals surface area contributed by atoms with Gasteiger partial charge in [-0.3, -0.25) is 0 Å². The van der Waals surface area contributed by atoms with Gasteiger partial charge in [-0.2, -0.15) is 0 Å². The third-order valence-corrected chi connectivity index (χ3v) is 2.84. The van der Waals surface area contributed by atoms with E-state index in [1.807, 2.05) is 12.1 Å². The van der Waals surface area contributed by atoms with Crippen LogP contribution in [0.2, 0.25) is 0 Å². The number of aromatic hydroxyl groups is 1. The molecule has 0 heterocycles. The number of carbonyl (C=O) groups excluding carboxylic acids is 1. The Labute approximate surface area is 111 Å². The highest BCUT2D eigenvalue weighted by molar-refractivity contribution is 5.95. The second-order valence-electron chi connectivity index (χ2n) is 3.92. The largest absolute Gasteiger partial charge is 0.506 e. The van der Waals surface area contributed by atoms with Crippen molar-refractivity contribution in [3.8, 4) is 22.6 Å². The number of rotatable bonds is 3. The molecule has 0 radical (unpaired) electrons. The second kappa shape index (κ2) is 5.44. The van der Waals surface area contributed by atoms with Crippen LogP contribution in [0.1, 0.15) is 10.4 Å². The quantitative estimate of drug-likeness (QED) is 0.860. The molecule has 0 aliphatic rings. The molecule has 19 heavy (non-hydrogen) atoms.